The number of benzene rings is 1. The van der Waals surface area contributed by atoms with Crippen molar-refractivity contribution >= 4 is 17.5 Å². The first-order valence-electron chi connectivity index (χ1n) is 8.05. The monoisotopic (exact) mass is 339 g/mol. The van der Waals surface area contributed by atoms with E-state index in [1.165, 1.54) is 5.56 Å². The van der Waals surface area contributed by atoms with E-state index in [-0.39, 0.29) is 0 Å². The Kier molecular flexibility index (Phi) is 5.13. The van der Waals surface area contributed by atoms with Gasteiger partial charge in [-0.25, -0.2) is 9.97 Å². The SMILES string of the molecule is COc1cccc(CCNc2cc(Nc3cc(C)on3)nc(C)n2)c1. The molecular weight excluding hydrogens is 318 g/mol. The van der Waals surface area contributed by atoms with Crippen LogP contribution in [-0.4, -0.2) is 28.8 Å². The predicted octanol–water partition coefficient (Wildman–Crippen LogP) is 3.49. The average molecular weight is 339 g/mol. The Labute approximate surface area is 146 Å². The quantitative estimate of drug-likeness (QED) is 0.681. The summed E-state index contributed by atoms with van der Waals surface area (Å²) in [7, 11) is 1.67. The van der Waals surface area contributed by atoms with Gasteiger partial charge in [-0.2, -0.15) is 0 Å². The molecule has 0 amide bonds. The fraction of sp³-hybridized carbons (Fsp3) is 0.278. The lowest BCUT2D eigenvalue weighted by atomic mass is 10.1. The number of methoxy groups -OCH3 is 1. The molecule has 7 nitrogen and oxygen atoms in total. The van der Waals surface area contributed by atoms with E-state index in [4.69, 9.17) is 9.26 Å². The van der Waals surface area contributed by atoms with Crippen LogP contribution in [-0.2, 0) is 6.42 Å². The highest BCUT2D eigenvalue weighted by atomic mass is 16.5. The summed E-state index contributed by atoms with van der Waals surface area (Å²) < 4.78 is 10.3. The number of hydrogen-bond acceptors (Lipinski definition) is 7. The second kappa shape index (κ2) is 7.65. The minimum atomic E-state index is 0.623. The summed E-state index contributed by atoms with van der Waals surface area (Å²) in [6, 6.07) is 11.7. The molecule has 0 spiro atoms. The molecule has 2 heterocycles. The molecule has 0 atom stereocenters. The van der Waals surface area contributed by atoms with E-state index in [1.807, 2.05) is 44.2 Å². The molecule has 0 unspecified atom stereocenters. The third-order valence-corrected chi connectivity index (χ3v) is 3.58. The van der Waals surface area contributed by atoms with E-state index >= 15 is 0 Å². The van der Waals surface area contributed by atoms with Crippen LogP contribution < -0.4 is 15.4 Å². The molecular formula is C18H21N5O2. The van der Waals surface area contributed by atoms with Gasteiger partial charge in [0.25, 0.3) is 0 Å². The minimum Gasteiger partial charge on any atom is -0.497 e. The van der Waals surface area contributed by atoms with Crippen LogP contribution >= 0.6 is 0 Å². The van der Waals surface area contributed by atoms with Crippen molar-refractivity contribution in [2.45, 2.75) is 20.3 Å². The molecule has 25 heavy (non-hydrogen) atoms. The lowest BCUT2D eigenvalue weighted by Crippen LogP contribution is -2.08. The number of aryl methyl sites for hydroxylation is 2. The highest BCUT2D eigenvalue weighted by molar-refractivity contribution is 5.56. The molecule has 0 fully saturated rings. The van der Waals surface area contributed by atoms with Crippen LogP contribution in [0.5, 0.6) is 5.75 Å². The number of nitrogens with one attached hydrogen (secondary N) is 2. The number of rotatable bonds is 7. The summed E-state index contributed by atoms with van der Waals surface area (Å²) in [5.74, 6) is 4.34. The Balaban J connectivity index is 1.62. The van der Waals surface area contributed by atoms with Crippen LogP contribution in [0, 0.1) is 13.8 Å². The summed E-state index contributed by atoms with van der Waals surface area (Å²) >= 11 is 0. The molecule has 0 radical (unpaired) electrons. The van der Waals surface area contributed by atoms with E-state index in [0.29, 0.717) is 17.5 Å². The van der Waals surface area contributed by atoms with Gasteiger partial charge in [0.1, 0.15) is 29.0 Å². The molecule has 0 aliphatic rings. The Hall–Kier alpha value is -3.09. The van der Waals surface area contributed by atoms with E-state index in [0.717, 1.165) is 30.3 Å². The van der Waals surface area contributed by atoms with Gasteiger partial charge in [-0.1, -0.05) is 17.3 Å². The lowest BCUT2D eigenvalue weighted by molar-refractivity contribution is 0.400. The van der Waals surface area contributed by atoms with Crippen LogP contribution in [0.2, 0.25) is 0 Å². The molecule has 3 aromatic rings. The van der Waals surface area contributed by atoms with Crippen molar-refractivity contribution in [2.24, 2.45) is 0 Å². The second-order valence-electron chi connectivity index (χ2n) is 5.66. The maximum atomic E-state index is 5.25. The predicted molar refractivity (Wildman–Crippen MR) is 96.5 cm³/mol. The largest absolute Gasteiger partial charge is 0.497 e. The maximum absolute atomic E-state index is 5.25. The Morgan fingerprint density at radius 1 is 1.04 bits per heavy atom. The zero-order valence-corrected chi connectivity index (χ0v) is 14.5. The first-order chi connectivity index (χ1) is 12.1. The number of hydrogen-bond donors (Lipinski definition) is 2. The van der Waals surface area contributed by atoms with Crippen molar-refractivity contribution in [3.05, 3.63) is 53.5 Å². The topological polar surface area (TPSA) is 85.1 Å². The fourth-order valence-electron chi connectivity index (χ4n) is 2.44. The first-order valence-corrected chi connectivity index (χ1v) is 8.05. The van der Waals surface area contributed by atoms with Crippen molar-refractivity contribution in [1.29, 1.82) is 0 Å². The van der Waals surface area contributed by atoms with Crippen LogP contribution in [0.3, 0.4) is 0 Å². The summed E-state index contributed by atoms with van der Waals surface area (Å²) in [4.78, 5) is 8.78. The molecule has 7 heteroatoms. The normalized spacial score (nSPS) is 10.5. The third kappa shape index (κ3) is 4.69. The summed E-state index contributed by atoms with van der Waals surface area (Å²) in [5, 5.41) is 10.4. The van der Waals surface area contributed by atoms with Gasteiger partial charge in [0.05, 0.1) is 7.11 Å². The van der Waals surface area contributed by atoms with Crippen LogP contribution in [0.1, 0.15) is 17.1 Å². The molecule has 130 valence electrons. The highest BCUT2D eigenvalue weighted by Gasteiger charge is 2.05. The van der Waals surface area contributed by atoms with Crippen molar-refractivity contribution in [1.82, 2.24) is 15.1 Å². The Morgan fingerprint density at radius 2 is 1.88 bits per heavy atom. The molecule has 2 aromatic heterocycles. The van der Waals surface area contributed by atoms with Crippen LogP contribution in [0.4, 0.5) is 17.5 Å². The van der Waals surface area contributed by atoms with Crippen molar-refractivity contribution in [3.63, 3.8) is 0 Å². The van der Waals surface area contributed by atoms with Gasteiger partial charge in [-0.3, -0.25) is 0 Å². The van der Waals surface area contributed by atoms with E-state index < -0.39 is 0 Å². The zero-order valence-electron chi connectivity index (χ0n) is 14.5. The van der Waals surface area contributed by atoms with Crippen LogP contribution in [0.25, 0.3) is 0 Å². The van der Waals surface area contributed by atoms with Gasteiger partial charge in [0, 0.05) is 18.7 Å². The van der Waals surface area contributed by atoms with Gasteiger partial charge < -0.3 is 19.9 Å². The van der Waals surface area contributed by atoms with E-state index in [1.54, 1.807) is 7.11 Å². The number of nitrogens with zero attached hydrogens (tertiary/aromatic N) is 3. The lowest BCUT2D eigenvalue weighted by Gasteiger charge is -2.09. The molecule has 0 aliphatic heterocycles. The summed E-state index contributed by atoms with van der Waals surface area (Å²) in [5.41, 5.74) is 1.20. The Morgan fingerprint density at radius 3 is 2.64 bits per heavy atom. The number of aromatic nitrogens is 3. The van der Waals surface area contributed by atoms with Crippen molar-refractivity contribution < 1.29 is 9.26 Å². The van der Waals surface area contributed by atoms with Gasteiger partial charge >= 0.3 is 0 Å². The Bertz CT molecular complexity index is 847. The van der Waals surface area contributed by atoms with Crippen LogP contribution in [0.15, 0.2) is 40.9 Å². The number of ether oxygens (including phenoxy) is 1. The maximum Gasteiger partial charge on any atom is 0.175 e. The molecule has 0 bridgehead atoms. The molecule has 0 saturated carbocycles. The number of anilines is 3. The smallest absolute Gasteiger partial charge is 0.175 e. The molecule has 0 aliphatic carbocycles. The van der Waals surface area contributed by atoms with Gasteiger partial charge in [-0.05, 0) is 38.0 Å². The van der Waals surface area contributed by atoms with Crippen molar-refractivity contribution in [3.8, 4) is 5.75 Å². The highest BCUT2D eigenvalue weighted by Crippen LogP contribution is 2.18. The molecule has 2 N–H and O–H groups in total. The second-order valence-corrected chi connectivity index (χ2v) is 5.66. The average Bonchev–Trinajstić information content (AvgIpc) is 2.99. The minimum absolute atomic E-state index is 0.623. The third-order valence-electron chi connectivity index (χ3n) is 3.58. The zero-order chi connectivity index (χ0) is 17.6. The van der Waals surface area contributed by atoms with Gasteiger partial charge in [0.15, 0.2) is 5.82 Å². The first kappa shape index (κ1) is 16.8. The van der Waals surface area contributed by atoms with Gasteiger partial charge in [-0.15, -0.1) is 0 Å². The summed E-state index contributed by atoms with van der Waals surface area (Å²) in [6.45, 7) is 4.45. The molecule has 1 aromatic carbocycles. The fourth-order valence-corrected chi connectivity index (χ4v) is 2.44. The molecule has 0 saturated heterocycles. The van der Waals surface area contributed by atoms with Crippen molar-refractivity contribution in [2.75, 3.05) is 24.3 Å². The van der Waals surface area contributed by atoms with Gasteiger partial charge in [0.2, 0.25) is 0 Å². The standard InChI is InChI=1S/C18H21N5O2/c1-12-9-18(23-25-12)22-17-11-16(20-13(2)21-17)19-8-7-14-5-4-6-15(10-14)24-3/h4-6,9-11H,7-8H2,1-3H3,(H2,19,20,21,22,23). The van der Waals surface area contributed by atoms with E-state index in [2.05, 4.69) is 31.8 Å². The summed E-state index contributed by atoms with van der Waals surface area (Å²) in [6.07, 6.45) is 0.867. The molecule has 3 rings (SSSR count). The van der Waals surface area contributed by atoms with E-state index in [9.17, 15) is 0 Å².